The maximum absolute atomic E-state index is 10.8. The summed E-state index contributed by atoms with van der Waals surface area (Å²) in [5, 5.41) is 12.1. The number of carbonyl (C=O) groups is 1. The summed E-state index contributed by atoms with van der Waals surface area (Å²) in [6.45, 7) is 1.23. The molecule has 0 saturated carbocycles. The molecule has 0 aliphatic heterocycles. The zero-order valence-corrected chi connectivity index (χ0v) is 9.71. The Bertz CT molecular complexity index is 529. The minimum Gasteiger partial charge on any atom is -0.478 e. The molecule has 2 aromatic rings. The summed E-state index contributed by atoms with van der Waals surface area (Å²) >= 11 is 0. The van der Waals surface area contributed by atoms with Gasteiger partial charge in [0, 0.05) is 31.7 Å². The molecule has 0 spiro atoms. The van der Waals surface area contributed by atoms with Crippen LogP contribution in [0.3, 0.4) is 0 Å². The number of rotatable bonds is 5. The zero-order valence-electron chi connectivity index (χ0n) is 9.71. The van der Waals surface area contributed by atoms with Crippen LogP contribution in [0.4, 0.5) is 0 Å². The molecule has 0 radical (unpaired) electrons. The molecule has 0 saturated heterocycles. The topological polar surface area (TPSA) is 75.1 Å². The van der Waals surface area contributed by atoms with Gasteiger partial charge in [-0.2, -0.15) is 0 Å². The molecular weight excluding hydrogens is 230 g/mol. The fraction of sp³-hybridized carbons (Fsp3) is 0.154. The van der Waals surface area contributed by atoms with Crippen LogP contribution in [-0.2, 0) is 13.1 Å². The van der Waals surface area contributed by atoms with Crippen LogP contribution in [0.15, 0.2) is 42.9 Å². The third kappa shape index (κ3) is 3.36. The van der Waals surface area contributed by atoms with E-state index in [0.717, 1.165) is 5.56 Å². The first-order valence-corrected chi connectivity index (χ1v) is 5.53. The number of aromatic carboxylic acids is 1. The van der Waals surface area contributed by atoms with E-state index in [1.165, 1.54) is 12.3 Å². The summed E-state index contributed by atoms with van der Waals surface area (Å²) < 4.78 is 0. The van der Waals surface area contributed by atoms with Crippen LogP contribution in [0, 0.1) is 0 Å². The van der Waals surface area contributed by atoms with Gasteiger partial charge >= 0.3 is 5.97 Å². The van der Waals surface area contributed by atoms with Gasteiger partial charge in [0.25, 0.3) is 0 Å². The standard InChI is InChI=1S/C13H13N3O2/c17-13(18)11-3-6-16-12(7-11)9-15-8-10-1-4-14-5-2-10/h1-7,15H,8-9H2,(H,17,18). The molecule has 2 aromatic heterocycles. The van der Waals surface area contributed by atoms with Crippen molar-refractivity contribution in [1.29, 1.82) is 0 Å². The summed E-state index contributed by atoms with van der Waals surface area (Å²) in [6, 6.07) is 6.90. The lowest BCUT2D eigenvalue weighted by molar-refractivity contribution is 0.0696. The highest BCUT2D eigenvalue weighted by atomic mass is 16.4. The Balaban J connectivity index is 1.90. The number of carboxylic acid groups (broad SMARTS) is 1. The lowest BCUT2D eigenvalue weighted by atomic mass is 10.2. The summed E-state index contributed by atoms with van der Waals surface area (Å²) in [6.07, 6.45) is 4.98. The molecule has 0 aromatic carbocycles. The number of aromatic nitrogens is 2. The molecule has 0 fully saturated rings. The van der Waals surface area contributed by atoms with Gasteiger partial charge in [0.15, 0.2) is 0 Å². The van der Waals surface area contributed by atoms with Crippen molar-refractivity contribution in [3.8, 4) is 0 Å². The second kappa shape index (κ2) is 5.88. The normalized spacial score (nSPS) is 10.2. The van der Waals surface area contributed by atoms with Gasteiger partial charge in [0.2, 0.25) is 0 Å². The van der Waals surface area contributed by atoms with E-state index >= 15 is 0 Å². The van der Waals surface area contributed by atoms with Crippen molar-refractivity contribution in [2.75, 3.05) is 0 Å². The molecule has 5 heteroatoms. The van der Waals surface area contributed by atoms with Crippen LogP contribution in [0.2, 0.25) is 0 Å². The summed E-state index contributed by atoms with van der Waals surface area (Å²) in [4.78, 5) is 18.8. The van der Waals surface area contributed by atoms with E-state index in [1.54, 1.807) is 18.5 Å². The third-order valence-corrected chi connectivity index (χ3v) is 2.45. The molecule has 5 nitrogen and oxygen atoms in total. The van der Waals surface area contributed by atoms with Crippen LogP contribution in [0.1, 0.15) is 21.6 Å². The fourth-order valence-electron chi connectivity index (χ4n) is 1.54. The molecular formula is C13H13N3O2. The average molecular weight is 243 g/mol. The minimum atomic E-state index is -0.937. The smallest absolute Gasteiger partial charge is 0.335 e. The molecule has 0 bridgehead atoms. The third-order valence-electron chi connectivity index (χ3n) is 2.45. The Kier molecular flexibility index (Phi) is 3.98. The lowest BCUT2D eigenvalue weighted by Crippen LogP contribution is -2.14. The van der Waals surface area contributed by atoms with Crippen LogP contribution in [0.25, 0.3) is 0 Å². The first-order chi connectivity index (χ1) is 8.75. The number of carboxylic acids is 1. The van der Waals surface area contributed by atoms with Gasteiger partial charge in [-0.05, 0) is 29.8 Å². The Morgan fingerprint density at radius 2 is 1.94 bits per heavy atom. The van der Waals surface area contributed by atoms with Crippen molar-refractivity contribution in [3.05, 3.63) is 59.7 Å². The summed E-state index contributed by atoms with van der Waals surface area (Å²) in [5.74, 6) is -0.937. The lowest BCUT2D eigenvalue weighted by Gasteiger charge is -2.04. The van der Waals surface area contributed by atoms with E-state index in [0.29, 0.717) is 18.8 Å². The predicted octanol–water partition coefficient (Wildman–Crippen LogP) is 1.46. The summed E-state index contributed by atoms with van der Waals surface area (Å²) in [7, 11) is 0. The fourth-order valence-corrected chi connectivity index (χ4v) is 1.54. The van der Waals surface area contributed by atoms with Gasteiger partial charge in [-0.15, -0.1) is 0 Å². The van der Waals surface area contributed by atoms with E-state index in [9.17, 15) is 4.79 Å². The Morgan fingerprint density at radius 1 is 1.17 bits per heavy atom. The maximum atomic E-state index is 10.8. The van der Waals surface area contributed by atoms with E-state index in [1.807, 2.05) is 12.1 Å². The second-order valence-corrected chi connectivity index (χ2v) is 3.80. The zero-order chi connectivity index (χ0) is 12.8. The van der Waals surface area contributed by atoms with Crippen molar-refractivity contribution >= 4 is 5.97 Å². The molecule has 0 unspecified atom stereocenters. The number of hydrogen-bond acceptors (Lipinski definition) is 4. The average Bonchev–Trinajstić information content (AvgIpc) is 2.40. The van der Waals surface area contributed by atoms with Crippen LogP contribution in [-0.4, -0.2) is 21.0 Å². The van der Waals surface area contributed by atoms with Crippen molar-refractivity contribution < 1.29 is 9.90 Å². The Labute approximate surface area is 105 Å². The molecule has 2 rings (SSSR count). The van der Waals surface area contributed by atoms with Crippen LogP contribution >= 0.6 is 0 Å². The molecule has 0 atom stereocenters. The maximum Gasteiger partial charge on any atom is 0.335 e. The first kappa shape index (κ1) is 12.2. The van der Waals surface area contributed by atoms with Gasteiger partial charge in [0.1, 0.15) is 0 Å². The van der Waals surface area contributed by atoms with Gasteiger partial charge in [-0.3, -0.25) is 9.97 Å². The Morgan fingerprint density at radius 3 is 2.67 bits per heavy atom. The predicted molar refractivity (Wildman–Crippen MR) is 66.0 cm³/mol. The monoisotopic (exact) mass is 243 g/mol. The quantitative estimate of drug-likeness (QED) is 0.831. The van der Waals surface area contributed by atoms with Crippen LogP contribution in [0.5, 0.6) is 0 Å². The van der Waals surface area contributed by atoms with Crippen molar-refractivity contribution in [2.45, 2.75) is 13.1 Å². The highest BCUT2D eigenvalue weighted by molar-refractivity contribution is 5.87. The number of nitrogens with one attached hydrogen (secondary N) is 1. The van der Waals surface area contributed by atoms with E-state index in [2.05, 4.69) is 15.3 Å². The molecule has 92 valence electrons. The number of hydrogen-bond donors (Lipinski definition) is 2. The second-order valence-electron chi connectivity index (χ2n) is 3.80. The summed E-state index contributed by atoms with van der Waals surface area (Å²) in [5.41, 5.74) is 2.09. The van der Waals surface area contributed by atoms with E-state index < -0.39 is 5.97 Å². The number of pyridine rings is 2. The van der Waals surface area contributed by atoms with Gasteiger partial charge in [-0.1, -0.05) is 0 Å². The molecule has 0 amide bonds. The van der Waals surface area contributed by atoms with E-state index in [4.69, 9.17) is 5.11 Å². The van der Waals surface area contributed by atoms with Gasteiger partial charge < -0.3 is 10.4 Å². The largest absolute Gasteiger partial charge is 0.478 e. The molecule has 2 N–H and O–H groups in total. The van der Waals surface area contributed by atoms with E-state index in [-0.39, 0.29) is 5.56 Å². The van der Waals surface area contributed by atoms with Crippen LogP contribution < -0.4 is 5.32 Å². The minimum absolute atomic E-state index is 0.255. The SMILES string of the molecule is O=C(O)c1ccnc(CNCc2ccncc2)c1. The first-order valence-electron chi connectivity index (χ1n) is 5.53. The molecule has 2 heterocycles. The van der Waals surface area contributed by atoms with Gasteiger partial charge in [-0.25, -0.2) is 4.79 Å². The van der Waals surface area contributed by atoms with Crippen molar-refractivity contribution in [3.63, 3.8) is 0 Å². The number of nitrogens with zero attached hydrogens (tertiary/aromatic N) is 2. The molecule has 0 aliphatic carbocycles. The van der Waals surface area contributed by atoms with Gasteiger partial charge in [0.05, 0.1) is 11.3 Å². The van der Waals surface area contributed by atoms with Crippen molar-refractivity contribution in [2.24, 2.45) is 0 Å². The highest BCUT2D eigenvalue weighted by Crippen LogP contribution is 2.02. The Hall–Kier alpha value is -2.27. The van der Waals surface area contributed by atoms with Crippen molar-refractivity contribution in [1.82, 2.24) is 15.3 Å². The molecule has 0 aliphatic rings. The molecule has 18 heavy (non-hydrogen) atoms. The highest BCUT2D eigenvalue weighted by Gasteiger charge is 2.03.